The van der Waals surface area contributed by atoms with Gasteiger partial charge in [0.1, 0.15) is 12.7 Å². The molecule has 4 aromatic heterocycles. The second kappa shape index (κ2) is 7.72. The Hall–Kier alpha value is -5.07. The van der Waals surface area contributed by atoms with Crippen LogP contribution in [0.1, 0.15) is 0 Å². The van der Waals surface area contributed by atoms with Gasteiger partial charge in [-0.15, -0.1) is 11.3 Å². The minimum atomic E-state index is 0.612. The first kappa shape index (κ1) is 20.9. The Bertz CT molecular complexity index is 2400. The van der Waals surface area contributed by atoms with Crippen molar-refractivity contribution in [1.82, 2.24) is 24.1 Å². The van der Waals surface area contributed by atoms with Gasteiger partial charge in [-0.2, -0.15) is 0 Å². The van der Waals surface area contributed by atoms with Gasteiger partial charge in [-0.05, 0) is 30.3 Å². The van der Waals surface area contributed by atoms with Crippen molar-refractivity contribution in [2.45, 2.75) is 0 Å². The van der Waals surface area contributed by atoms with Gasteiger partial charge in [0.25, 0.3) is 0 Å². The lowest BCUT2D eigenvalue weighted by molar-refractivity contribution is 0.939. The van der Waals surface area contributed by atoms with Crippen molar-refractivity contribution < 1.29 is 0 Å². The molecular weight excluding hydrogens is 498 g/mol. The molecule has 5 aromatic carbocycles. The quantitative estimate of drug-likeness (QED) is 0.231. The number of aromatic nitrogens is 5. The molecule has 0 bridgehead atoms. The molecule has 0 atom stereocenters. The first-order chi connectivity index (χ1) is 19.4. The summed E-state index contributed by atoms with van der Waals surface area (Å²) >= 11 is 1.85. The molecule has 0 aliphatic heterocycles. The fraction of sp³-hybridized carbons (Fsp3) is 0. The molecule has 0 fully saturated rings. The number of hydrogen-bond donors (Lipinski definition) is 0. The molecule has 0 amide bonds. The summed E-state index contributed by atoms with van der Waals surface area (Å²) in [5.41, 5.74) is 5.62. The number of hydrogen-bond acceptors (Lipinski definition) is 4. The number of para-hydroxylation sites is 2. The summed E-state index contributed by atoms with van der Waals surface area (Å²) in [4.78, 5) is 13.3. The third-order valence-corrected chi connectivity index (χ3v) is 8.90. The van der Waals surface area contributed by atoms with Crippen LogP contribution in [-0.2, 0) is 0 Å². The Morgan fingerprint density at radius 3 is 1.79 bits per heavy atom. The predicted molar refractivity (Wildman–Crippen MR) is 161 cm³/mol. The summed E-state index contributed by atoms with van der Waals surface area (Å²) in [6.45, 7) is 0. The molecule has 6 heteroatoms. The molecule has 39 heavy (non-hydrogen) atoms. The lowest BCUT2D eigenvalue weighted by Crippen LogP contribution is -2.02. The van der Waals surface area contributed by atoms with Gasteiger partial charge >= 0.3 is 0 Å². The van der Waals surface area contributed by atoms with Gasteiger partial charge in [-0.3, -0.25) is 4.57 Å². The van der Waals surface area contributed by atoms with Crippen LogP contribution < -0.4 is 0 Å². The predicted octanol–water partition coefficient (Wildman–Crippen LogP) is 8.43. The number of rotatable bonds is 2. The van der Waals surface area contributed by atoms with Crippen LogP contribution in [0, 0.1) is 0 Å². The van der Waals surface area contributed by atoms with Crippen LogP contribution in [0.25, 0.3) is 75.4 Å². The normalized spacial score (nSPS) is 12.1. The highest BCUT2D eigenvalue weighted by atomic mass is 32.1. The van der Waals surface area contributed by atoms with Crippen molar-refractivity contribution >= 4 is 75.1 Å². The molecule has 9 rings (SSSR count). The summed E-state index contributed by atoms with van der Waals surface area (Å²) in [5, 5.41) is 7.37. The van der Waals surface area contributed by atoms with Crippen molar-refractivity contribution in [2.24, 2.45) is 0 Å². The fourth-order valence-electron chi connectivity index (χ4n) is 6.18. The van der Waals surface area contributed by atoms with Gasteiger partial charge in [0.05, 0.1) is 22.1 Å². The van der Waals surface area contributed by atoms with E-state index in [9.17, 15) is 0 Å². The average molecular weight is 518 g/mol. The lowest BCUT2D eigenvalue weighted by Gasteiger charge is -2.11. The Balaban J connectivity index is 1.50. The second-order valence-electron chi connectivity index (χ2n) is 9.78. The molecular formula is C33H19N5S. The summed E-state index contributed by atoms with van der Waals surface area (Å²) in [6, 6.07) is 37.2. The van der Waals surface area contributed by atoms with E-state index < -0.39 is 0 Å². The Kier molecular flexibility index (Phi) is 4.14. The highest BCUT2D eigenvalue weighted by Crippen LogP contribution is 2.42. The highest BCUT2D eigenvalue weighted by molar-refractivity contribution is 7.25. The van der Waals surface area contributed by atoms with Gasteiger partial charge in [0.2, 0.25) is 5.95 Å². The molecule has 9 aromatic rings. The van der Waals surface area contributed by atoms with Crippen LogP contribution >= 0.6 is 11.3 Å². The van der Waals surface area contributed by atoms with E-state index in [1.807, 2.05) is 11.3 Å². The largest absolute Gasteiger partial charge is 0.307 e. The van der Waals surface area contributed by atoms with E-state index in [0.29, 0.717) is 5.95 Å². The van der Waals surface area contributed by atoms with E-state index in [1.165, 1.54) is 47.2 Å². The van der Waals surface area contributed by atoms with Gasteiger partial charge in [0.15, 0.2) is 0 Å². The minimum Gasteiger partial charge on any atom is -0.307 e. The molecule has 0 saturated carbocycles. The van der Waals surface area contributed by atoms with E-state index in [0.717, 1.165) is 22.2 Å². The molecule has 0 spiro atoms. The highest BCUT2D eigenvalue weighted by Gasteiger charge is 2.22. The number of fused-ring (bicyclic) bond motifs is 10. The number of thiophene rings is 1. The van der Waals surface area contributed by atoms with E-state index in [-0.39, 0.29) is 0 Å². The second-order valence-corrected chi connectivity index (χ2v) is 10.9. The molecule has 0 aliphatic carbocycles. The molecule has 5 nitrogen and oxygen atoms in total. The SMILES string of the molecule is c1ccc2c(c1)sc1cc(-n3c4ccccc4c4ccc5c6ccccc6n(-c6ncncn6)c5c43)ccc12. The van der Waals surface area contributed by atoms with E-state index >= 15 is 0 Å². The molecule has 0 saturated heterocycles. The topological polar surface area (TPSA) is 48.5 Å². The van der Waals surface area contributed by atoms with Crippen LogP contribution in [0.5, 0.6) is 0 Å². The first-order valence-corrected chi connectivity index (χ1v) is 13.7. The molecule has 0 unspecified atom stereocenters. The van der Waals surface area contributed by atoms with Crippen molar-refractivity contribution in [3.63, 3.8) is 0 Å². The zero-order valence-electron chi connectivity index (χ0n) is 20.6. The Labute approximate surface area is 226 Å². The smallest absolute Gasteiger partial charge is 0.237 e. The van der Waals surface area contributed by atoms with E-state index in [2.05, 4.69) is 127 Å². The molecule has 4 heterocycles. The lowest BCUT2D eigenvalue weighted by atomic mass is 10.1. The van der Waals surface area contributed by atoms with Crippen LogP contribution in [-0.4, -0.2) is 24.1 Å². The van der Waals surface area contributed by atoms with Crippen molar-refractivity contribution in [3.8, 4) is 11.6 Å². The zero-order chi connectivity index (χ0) is 25.5. The molecule has 0 radical (unpaired) electrons. The van der Waals surface area contributed by atoms with Crippen LogP contribution in [0.4, 0.5) is 0 Å². The van der Waals surface area contributed by atoms with Gasteiger partial charge in [0, 0.05) is 47.4 Å². The summed E-state index contributed by atoms with van der Waals surface area (Å²) in [7, 11) is 0. The maximum Gasteiger partial charge on any atom is 0.237 e. The Morgan fingerprint density at radius 1 is 0.487 bits per heavy atom. The van der Waals surface area contributed by atoms with Crippen molar-refractivity contribution in [1.29, 1.82) is 0 Å². The van der Waals surface area contributed by atoms with E-state index in [4.69, 9.17) is 0 Å². The van der Waals surface area contributed by atoms with E-state index in [1.54, 1.807) is 12.7 Å². The summed E-state index contributed by atoms with van der Waals surface area (Å²) < 4.78 is 7.18. The van der Waals surface area contributed by atoms with Gasteiger partial charge < -0.3 is 4.57 Å². The standard InChI is InChI=1S/C33H19N5S/c1-4-10-27-21(7-1)25-15-16-26-22-8-2-5-11-28(22)38(33-35-18-34-19-36-33)32(26)31(25)37(27)20-13-14-24-23-9-3-6-12-29(23)39-30(24)17-20/h1-19H. The maximum absolute atomic E-state index is 4.58. The molecule has 0 aliphatic rings. The molecule has 0 N–H and O–H groups in total. The summed E-state index contributed by atoms with van der Waals surface area (Å²) in [5.74, 6) is 0.612. The summed E-state index contributed by atoms with van der Waals surface area (Å²) in [6.07, 6.45) is 3.13. The third kappa shape index (κ3) is 2.81. The minimum absolute atomic E-state index is 0.612. The van der Waals surface area contributed by atoms with Crippen molar-refractivity contribution in [3.05, 3.63) is 116 Å². The first-order valence-electron chi connectivity index (χ1n) is 12.9. The fourth-order valence-corrected chi connectivity index (χ4v) is 7.32. The van der Waals surface area contributed by atoms with Gasteiger partial charge in [-0.1, -0.05) is 72.8 Å². The maximum atomic E-state index is 4.58. The average Bonchev–Trinajstić information content (AvgIpc) is 3.65. The third-order valence-electron chi connectivity index (χ3n) is 7.77. The van der Waals surface area contributed by atoms with Crippen LogP contribution in [0.2, 0.25) is 0 Å². The van der Waals surface area contributed by atoms with Crippen LogP contribution in [0.3, 0.4) is 0 Å². The molecule has 182 valence electrons. The van der Waals surface area contributed by atoms with Crippen LogP contribution in [0.15, 0.2) is 116 Å². The van der Waals surface area contributed by atoms with Gasteiger partial charge in [-0.25, -0.2) is 15.0 Å². The monoisotopic (exact) mass is 517 g/mol. The number of benzene rings is 5. The Morgan fingerprint density at radius 2 is 1.05 bits per heavy atom. The van der Waals surface area contributed by atoms with Crippen molar-refractivity contribution in [2.75, 3.05) is 0 Å². The number of nitrogens with zero attached hydrogens (tertiary/aromatic N) is 5. The zero-order valence-corrected chi connectivity index (χ0v) is 21.4.